The first-order chi connectivity index (χ1) is 9.85. The molecule has 2 N–H and O–H groups in total. The summed E-state index contributed by atoms with van der Waals surface area (Å²) in [7, 11) is 0. The number of hydrogen-bond acceptors (Lipinski definition) is 2. The monoisotopic (exact) mass is 296 g/mol. The second kappa shape index (κ2) is 6.24. The van der Waals surface area contributed by atoms with Crippen molar-refractivity contribution in [3.63, 3.8) is 0 Å². The lowest BCUT2D eigenvalue weighted by Gasteiger charge is -2.47. The first-order valence-corrected chi connectivity index (χ1v) is 8.19. The van der Waals surface area contributed by atoms with Crippen LogP contribution in [0.4, 0.5) is 4.79 Å². The van der Waals surface area contributed by atoms with Gasteiger partial charge in [0.1, 0.15) is 6.04 Å². The molecule has 2 rings (SSSR count). The summed E-state index contributed by atoms with van der Waals surface area (Å²) in [6.45, 7) is 5.97. The predicted octanol–water partition coefficient (Wildman–Crippen LogP) is 2.99. The van der Waals surface area contributed by atoms with Gasteiger partial charge in [0.2, 0.25) is 0 Å². The van der Waals surface area contributed by atoms with Gasteiger partial charge in [0.25, 0.3) is 0 Å². The van der Waals surface area contributed by atoms with Crippen LogP contribution in [-0.2, 0) is 4.79 Å². The van der Waals surface area contributed by atoms with Crippen molar-refractivity contribution in [1.82, 2.24) is 10.2 Å². The maximum atomic E-state index is 12.7. The smallest absolute Gasteiger partial charge is 0.326 e. The molecule has 1 heterocycles. The Morgan fingerprint density at radius 1 is 1.19 bits per heavy atom. The highest BCUT2D eigenvalue weighted by atomic mass is 16.4. The molecule has 1 saturated heterocycles. The summed E-state index contributed by atoms with van der Waals surface area (Å²) >= 11 is 0. The van der Waals surface area contributed by atoms with Crippen molar-refractivity contribution < 1.29 is 14.7 Å². The average Bonchev–Trinajstić information content (AvgIpc) is 2.45. The largest absolute Gasteiger partial charge is 0.480 e. The molecule has 0 radical (unpaired) electrons. The summed E-state index contributed by atoms with van der Waals surface area (Å²) in [4.78, 5) is 25.9. The van der Waals surface area contributed by atoms with Crippen molar-refractivity contribution >= 4 is 12.0 Å². The molecule has 2 fully saturated rings. The van der Waals surface area contributed by atoms with E-state index in [0.29, 0.717) is 12.3 Å². The number of fused-ring (bicyclic) bond motifs is 1. The molecule has 5 heteroatoms. The van der Waals surface area contributed by atoms with E-state index < -0.39 is 12.0 Å². The minimum Gasteiger partial charge on any atom is -0.480 e. The quantitative estimate of drug-likeness (QED) is 0.841. The number of likely N-dealkylation sites (tertiary alicyclic amines) is 1. The Morgan fingerprint density at radius 3 is 2.48 bits per heavy atom. The number of urea groups is 1. The molecule has 1 saturated carbocycles. The molecule has 5 nitrogen and oxygen atoms in total. The maximum Gasteiger partial charge on any atom is 0.326 e. The van der Waals surface area contributed by atoms with Crippen molar-refractivity contribution in [3.8, 4) is 0 Å². The zero-order valence-corrected chi connectivity index (χ0v) is 13.4. The van der Waals surface area contributed by atoms with E-state index in [2.05, 4.69) is 5.32 Å². The Balaban J connectivity index is 2.19. The van der Waals surface area contributed by atoms with Crippen molar-refractivity contribution in [2.45, 2.75) is 83.3 Å². The molecule has 0 aromatic heterocycles. The molecule has 1 aliphatic carbocycles. The highest BCUT2D eigenvalue weighted by Crippen LogP contribution is 2.38. The number of carbonyl (C=O) groups is 2. The van der Waals surface area contributed by atoms with E-state index in [1.807, 2.05) is 20.8 Å². The van der Waals surface area contributed by atoms with Crippen molar-refractivity contribution in [2.24, 2.45) is 5.92 Å². The van der Waals surface area contributed by atoms with Gasteiger partial charge in [0, 0.05) is 11.6 Å². The van der Waals surface area contributed by atoms with Crippen molar-refractivity contribution in [3.05, 3.63) is 0 Å². The standard InChI is InChI=1S/C16H28N2O3/c1-4-16(2,3)17-15(21)18-12-8-6-5-7-11(12)9-10-13(18)14(19)20/h11-13H,4-10H2,1-3H3,(H,17,21)(H,19,20). The molecule has 120 valence electrons. The van der Waals surface area contributed by atoms with E-state index in [1.54, 1.807) is 4.90 Å². The molecule has 0 aromatic carbocycles. The molecule has 1 aliphatic heterocycles. The van der Waals surface area contributed by atoms with Crippen LogP contribution in [0.3, 0.4) is 0 Å². The maximum absolute atomic E-state index is 12.7. The van der Waals surface area contributed by atoms with E-state index in [9.17, 15) is 14.7 Å². The molecule has 2 amide bonds. The van der Waals surface area contributed by atoms with E-state index in [-0.39, 0.29) is 17.6 Å². The minimum absolute atomic E-state index is 0.0984. The van der Waals surface area contributed by atoms with E-state index >= 15 is 0 Å². The number of carboxylic acids is 1. The molecule has 21 heavy (non-hydrogen) atoms. The van der Waals surface area contributed by atoms with Gasteiger partial charge >= 0.3 is 12.0 Å². The Kier molecular flexibility index (Phi) is 4.79. The lowest BCUT2D eigenvalue weighted by molar-refractivity contribution is -0.145. The van der Waals surface area contributed by atoms with Gasteiger partial charge in [-0.2, -0.15) is 0 Å². The van der Waals surface area contributed by atoms with E-state index in [4.69, 9.17) is 0 Å². The summed E-state index contributed by atoms with van der Waals surface area (Å²) < 4.78 is 0. The second-order valence-electron chi connectivity index (χ2n) is 7.12. The van der Waals surface area contributed by atoms with Crippen LogP contribution >= 0.6 is 0 Å². The van der Waals surface area contributed by atoms with Crippen LogP contribution in [0.5, 0.6) is 0 Å². The van der Waals surface area contributed by atoms with Crippen LogP contribution in [0, 0.1) is 5.92 Å². The van der Waals surface area contributed by atoms with Gasteiger partial charge in [0.05, 0.1) is 0 Å². The first-order valence-electron chi connectivity index (χ1n) is 8.19. The van der Waals surface area contributed by atoms with Crippen molar-refractivity contribution in [1.29, 1.82) is 0 Å². The number of rotatable bonds is 3. The minimum atomic E-state index is -0.872. The topological polar surface area (TPSA) is 69.6 Å². The van der Waals surface area contributed by atoms with Crippen molar-refractivity contribution in [2.75, 3.05) is 0 Å². The lowest BCUT2D eigenvalue weighted by atomic mass is 9.76. The Hall–Kier alpha value is -1.26. The third-order valence-corrected chi connectivity index (χ3v) is 5.22. The van der Waals surface area contributed by atoms with Crippen LogP contribution in [-0.4, -0.2) is 39.6 Å². The fraction of sp³-hybridized carbons (Fsp3) is 0.875. The fourth-order valence-corrected chi connectivity index (χ4v) is 3.61. The molecule has 3 atom stereocenters. The van der Waals surface area contributed by atoms with Gasteiger partial charge in [-0.05, 0) is 51.9 Å². The highest BCUT2D eigenvalue weighted by molar-refractivity contribution is 5.83. The van der Waals surface area contributed by atoms with Gasteiger partial charge in [-0.3, -0.25) is 0 Å². The van der Waals surface area contributed by atoms with Gasteiger partial charge in [0.15, 0.2) is 0 Å². The van der Waals surface area contributed by atoms with Crippen LogP contribution in [0.1, 0.15) is 65.7 Å². The van der Waals surface area contributed by atoms with Gasteiger partial charge in [-0.25, -0.2) is 9.59 Å². The third kappa shape index (κ3) is 3.50. The normalized spacial score (nSPS) is 29.7. The van der Waals surface area contributed by atoms with Gasteiger partial charge in [-0.15, -0.1) is 0 Å². The SMILES string of the molecule is CCC(C)(C)NC(=O)N1C(C(=O)O)CCC2CCCCC21. The van der Waals surface area contributed by atoms with Crippen LogP contribution in [0.2, 0.25) is 0 Å². The average molecular weight is 296 g/mol. The second-order valence-corrected chi connectivity index (χ2v) is 7.12. The van der Waals surface area contributed by atoms with Crippen LogP contribution < -0.4 is 5.32 Å². The van der Waals surface area contributed by atoms with Crippen LogP contribution in [0.25, 0.3) is 0 Å². The number of piperidine rings is 1. The van der Waals surface area contributed by atoms with E-state index in [0.717, 1.165) is 32.1 Å². The number of amides is 2. The summed E-state index contributed by atoms with van der Waals surface area (Å²) in [6, 6.07) is -0.774. The summed E-state index contributed by atoms with van der Waals surface area (Å²) in [5.41, 5.74) is -0.304. The first kappa shape index (κ1) is 16.1. The molecule has 2 aliphatic rings. The third-order valence-electron chi connectivity index (χ3n) is 5.22. The van der Waals surface area contributed by atoms with Crippen LogP contribution in [0.15, 0.2) is 0 Å². The zero-order valence-electron chi connectivity index (χ0n) is 13.4. The Bertz CT molecular complexity index is 408. The Morgan fingerprint density at radius 2 is 1.86 bits per heavy atom. The predicted molar refractivity (Wildman–Crippen MR) is 81.1 cm³/mol. The summed E-state index contributed by atoms with van der Waals surface area (Å²) in [5, 5.41) is 12.5. The number of nitrogens with zero attached hydrogens (tertiary/aromatic N) is 1. The summed E-state index contributed by atoms with van der Waals surface area (Å²) in [5.74, 6) is -0.395. The lowest BCUT2D eigenvalue weighted by Crippen LogP contribution is -2.62. The molecule has 0 spiro atoms. The number of carboxylic acid groups (broad SMARTS) is 1. The van der Waals surface area contributed by atoms with Gasteiger partial charge in [-0.1, -0.05) is 19.8 Å². The van der Waals surface area contributed by atoms with Gasteiger partial charge < -0.3 is 15.3 Å². The number of aliphatic carboxylic acids is 1. The molecular formula is C16H28N2O3. The zero-order chi connectivity index (χ0) is 15.6. The number of nitrogens with one attached hydrogen (secondary N) is 1. The molecular weight excluding hydrogens is 268 g/mol. The number of carbonyl (C=O) groups excluding carboxylic acids is 1. The molecule has 3 unspecified atom stereocenters. The molecule has 0 bridgehead atoms. The fourth-order valence-electron chi connectivity index (χ4n) is 3.61. The Labute approximate surface area is 127 Å². The number of hydrogen-bond donors (Lipinski definition) is 2. The highest BCUT2D eigenvalue weighted by Gasteiger charge is 2.44. The molecule has 0 aromatic rings. The summed E-state index contributed by atoms with van der Waals surface area (Å²) in [6.07, 6.45) is 6.69. The van der Waals surface area contributed by atoms with E-state index in [1.165, 1.54) is 6.42 Å².